The largest absolute Gasteiger partial charge is 0.381 e. The first-order valence-electron chi connectivity index (χ1n) is 7.12. The third-order valence-corrected chi connectivity index (χ3v) is 3.58. The van der Waals surface area contributed by atoms with Crippen LogP contribution in [-0.2, 0) is 0 Å². The van der Waals surface area contributed by atoms with Crippen LogP contribution in [0.2, 0.25) is 5.02 Å². The molecule has 0 amide bonds. The van der Waals surface area contributed by atoms with Crippen LogP contribution in [0.3, 0.4) is 0 Å². The monoisotopic (exact) mass is 292 g/mol. The lowest BCUT2D eigenvalue weighted by atomic mass is 10.1. The molecule has 0 bridgehead atoms. The van der Waals surface area contributed by atoms with Crippen molar-refractivity contribution in [3.05, 3.63) is 35.9 Å². The Balaban J connectivity index is 2.14. The second kappa shape index (κ2) is 7.29. The number of anilines is 1. The van der Waals surface area contributed by atoms with Crippen molar-refractivity contribution in [3.63, 3.8) is 0 Å². The van der Waals surface area contributed by atoms with Gasteiger partial charge in [0.05, 0.1) is 10.7 Å². The molecule has 5 heteroatoms. The molecule has 1 N–H and O–H groups in total. The zero-order valence-electron chi connectivity index (χ0n) is 12.0. The summed E-state index contributed by atoms with van der Waals surface area (Å²) in [6.45, 7) is 4.42. The number of rotatable bonds is 7. The summed E-state index contributed by atoms with van der Waals surface area (Å²) in [6, 6.07) is 6.25. The van der Waals surface area contributed by atoms with Crippen molar-refractivity contribution in [2.24, 2.45) is 0 Å². The fraction of sp³-hybridized carbons (Fsp3) is 0.467. The molecular formula is C15H21ClN4. The van der Waals surface area contributed by atoms with Crippen LogP contribution in [0.1, 0.15) is 39.5 Å². The SMILES string of the molecule is CCCCCC(C)Nc1cccc(Cl)c1-n1cncn1. The standard InChI is InChI=1S/C15H21ClN4/c1-3-4-5-7-12(2)19-14-9-6-8-13(16)15(14)20-11-17-10-18-20/h6,8-12,19H,3-5,7H2,1-2H3. The number of nitrogens with zero attached hydrogens (tertiary/aromatic N) is 3. The van der Waals surface area contributed by atoms with Crippen LogP contribution in [-0.4, -0.2) is 20.8 Å². The van der Waals surface area contributed by atoms with E-state index in [1.165, 1.54) is 25.6 Å². The van der Waals surface area contributed by atoms with E-state index in [1.807, 2.05) is 18.2 Å². The average Bonchev–Trinajstić information content (AvgIpc) is 2.93. The maximum Gasteiger partial charge on any atom is 0.138 e. The molecular weight excluding hydrogens is 272 g/mol. The van der Waals surface area contributed by atoms with Crippen LogP contribution >= 0.6 is 11.6 Å². The van der Waals surface area contributed by atoms with Gasteiger partial charge in [-0.1, -0.05) is 43.9 Å². The van der Waals surface area contributed by atoms with E-state index in [9.17, 15) is 0 Å². The van der Waals surface area contributed by atoms with Gasteiger partial charge in [-0.2, -0.15) is 5.10 Å². The Labute approximate surface area is 125 Å². The van der Waals surface area contributed by atoms with Gasteiger partial charge in [0.1, 0.15) is 18.3 Å². The summed E-state index contributed by atoms with van der Waals surface area (Å²) < 4.78 is 1.70. The third kappa shape index (κ3) is 3.73. The van der Waals surface area contributed by atoms with E-state index >= 15 is 0 Å². The topological polar surface area (TPSA) is 42.7 Å². The number of halogens is 1. The first-order valence-corrected chi connectivity index (χ1v) is 7.50. The van der Waals surface area contributed by atoms with Gasteiger partial charge in [0.25, 0.3) is 0 Å². The summed E-state index contributed by atoms with van der Waals surface area (Å²) in [4.78, 5) is 3.99. The molecule has 0 radical (unpaired) electrons. The van der Waals surface area contributed by atoms with E-state index in [4.69, 9.17) is 11.6 Å². The fourth-order valence-electron chi connectivity index (χ4n) is 2.23. The van der Waals surface area contributed by atoms with Crippen molar-refractivity contribution in [2.45, 2.75) is 45.6 Å². The zero-order valence-corrected chi connectivity index (χ0v) is 12.8. The molecule has 2 aromatic rings. The van der Waals surface area contributed by atoms with Gasteiger partial charge in [0.15, 0.2) is 0 Å². The van der Waals surface area contributed by atoms with Crippen LogP contribution in [0, 0.1) is 0 Å². The molecule has 2 rings (SSSR count). The molecule has 20 heavy (non-hydrogen) atoms. The van der Waals surface area contributed by atoms with E-state index in [0.29, 0.717) is 11.1 Å². The van der Waals surface area contributed by atoms with Crippen LogP contribution in [0.25, 0.3) is 5.69 Å². The summed E-state index contributed by atoms with van der Waals surface area (Å²) in [7, 11) is 0. The summed E-state index contributed by atoms with van der Waals surface area (Å²) in [5.41, 5.74) is 1.85. The molecule has 0 saturated carbocycles. The van der Waals surface area contributed by atoms with Crippen molar-refractivity contribution in [2.75, 3.05) is 5.32 Å². The molecule has 4 nitrogen and oxygen atoms in total. The zero-order chi connectivity index (χ0) is 14.4. The number of hydrogen-bond donors (Lipinski definition) is 1. The van der Waals surface area contributed by atoms with Gasteiger partial charge in [-0.05, 0) is 25.5 Å². The van der Waals surface area contributed by atoms with Crippen LogP contribution in [0.5, 0.6) is 0 Å². The van der Waals surface area contributed by atoms with Gasteiger partial charge in [-0.15, -0.1) is 0 Å². The van der Waals surface area contributed by atoms with Gasteiger partial charge in [-0.3, -0.25) is 0 Å². The molecule has 0 aliphatic heterocycles. The van der Waals surface area contributed by atoms with Crippen LogP contribution in [0.4, 0.5) is 5.69 Å². The van der Waals surface area contributed by atoms with Crippen molar-refractivity contribution in [3.8, 4) is 5.69 Å². The molecule has 0 saturated heterocycles. The Morgan fingerprint density at radius 2 is 2.20 bits per heavy atom. The van der Waals surface area contributed by atoms with E-state index < -0.39 is 0 Å². The minimum Gasteiger partial charge on any atom is -0.381 e. The van der Waals surface area contributed by atoms with Gasteiger partial charge < -0.3 is 5.32 Å². The average molecular weight is 293 g/mol. The number of hydrogen-bond acceptors (Lipinski definition) is 3. The molecule has 0 fully saturated rings. The second-order valence-electron chi connectivity index (χ2n) is 5.02. The molecule has 1 heterocycles. The van der Waals surface area contributed by atoms with Crippen molar-refractivity contribution in [1.29, 1.82) is 0 Å². The van der Waals surface area contributed by atoms with Gasteiger partial charge in [0, 0.05) is 6.04 Å². The highest BCUT2D eigenvalue weighted by atomic mass is 35.5. The lowest BCUT2D eigenvalue weighted by Gasteiger charge is -2.18. The molecule has 108 valence electrons. The van der Waals surface area contributed by atoms with Gasteiger partial charge in [0.2, 0.25) is 0 Å². The number of unbranched alkanes of at least 4 members (excludes halogenated alkanes) is 2. The highest BCUT2D eigenvalue weighted by Crippen LogP contribution is 2.28. The maximum atomic E-state index is 6.30. The Bertz CT molecular complexity index is 525. The van der Waals surface area contributed by atoms with Crippen molar-refractivity contribution >= 4 is 17.3 Å². The normalized spacial score (nSPS) is 12.3. The number of benzene rings is 1. The third-order valence-electron chi connectivity index (χ3n) is 3.28. The summed E-state index contributed by atoms with van der Waals surface area (Å²) in [5, 5.41) is 8.37. The van der Waals surface area contributed by atoms with E-state index in [0.717, 1.165) is 17.8 Å². The predicted molar refractivity (Wildman–Crippen MR) is 83.6 cm³/mol. The molecule has 1 aromatic heterocycles. The Kier molecular flexibility index (Phi) is 5.41. The number of aromatic nitrogens is 3. The molecule has 1 atom stereocenters. The summed E-state index contributed by atoms with van der Waals surface area (Å²) >= 11 is 6.30. The molecule has 1 aromatic carbocycles. The highest BCUT2D eigenvalue weighted by molar-refractivity contribution is 6.33. The maximum absolute atomic E-state index is 6.30. The minimum absolute atomic E-state index is 0.405. The van der Waals surface area contributed by atoms with E-state index in [1.54, 1.807) is 11.0 Å². The molecule has 0 spiro atoms. The van der Waals surface area contributed by atoms with E-state index in [2.05, 4.69) is 29.2 Å². The summed E-state index contributed by atoms with van der Waals surface area (Å²) in [6.07, 6.45) is 8.08. The fourth-order valence-corrected chi connectivity index (χ4v) is 2.49. The number of nitrogens with one attached hydrogen (secondary N) is 1. The summed E-state index contributed by atoms with van der Waals surface area (Å²) in [5.74, 6) is 0. The van der Waals surface area contributed by atoms with E-state index in [-0.39, 0.29) is 0 Å². The Hall–Kier alpha value is -1.55. The number of para-hydroxylation sites is 1. The first-order chi connectivity index (χ1) is 9.72. The van der Waals surface area contributed by atoms with Crippen LogP contribution < -0.4 is 5.32 Å². The van der Waals surface area contributed by atoms with Crippen molar-refractivity contribution < 1.29 is 0 Å². The lowest BCUT2D eigenvalue weighted by molar-refractivity contribution is 0.614. The Morgan fingerprint density at radius 1 is 1.35 bits per heavy atom. The van der Waals surface area contributed by atoms with Crippen LogP contribution in [0.15, 0.2) is 30.9 Å². The lowest BCUT2D eigenvalue weighted by Crippen LogP contribution is -2.16. The quantitative estimate of drug-likeness (QED) is 0.774. The molecule has 0 aliphatic rings. The molecule has 1 unspecified atom stereocenters. The highest BCUT2D eigenvalue weighted by Gasteiger charge is 2.11. The van der Waals surface area contributed by atoms with Crippen molar-refractivity contribution in [1.82, 2.24) is 14.8 Å². The predicted octanol–water partition coefficient (Wildman–Crippen LogP) is 4.30. The Morgan fingerprint density at radius 3 is 2.90 bits per heavy atom. The molecule has 0 aliphatic carbocycles. The smallest absolute Gasteiger partial charge is 0.138 e. The van der Waals surface area contributed by atoms with Gasteiger partial charge in [-0.25, -0.2) is 9.67 Å². The second-order valence-corrected chi connectivity index (χ2v) is 5.42. The van der Waals surface area contributed by atoms with Gasteiger partial charge >= 0.3 is 0 Å². The first kappa shape index (κ1) is 14.9. The minimum atomic E-state index is 0.405.